The summed E-state index contributed by atoms with van der Waals surface area (Å²) in [6.45, 7) is 2.76. The third kappa shape index (κ3) is 4.93. The second-order valence-corrected chi connectivity index (χ2v) is 9.11. The van der Waals surface area contributed by atoms with E-state index >= 15 is 0 Å². The third-order valence-electron chi connectivity index (χ3n) is 4.69. The highest BCUT2D eigenvalue weighted by Gasteiger charge is 2.25. The van der Waals surface area contributed by atoms with Gasteiger partial charge in [0.2, 0.25) is 10.0 Å². The Kier molecular flexibility index (Phi) is 6.55. The van der Waals surface area contributed by atoms with E-state index in [9.17, 15) is 22.0 Å². The minimum absolute atomic E-state index is 0.0845. The molecular weight excluding hydrogens is 426 g/mol. The van der Waals surface area contributed by atoms with Crippen molar-refractivity contribution < 1.29 is 17.2 Å². The molecule has 0 bridgehead atoms. The molecule has 1 aromatic heterocycles. The molecule has 1 N–H and O–H groups in total. The molecule has 1 fully saturated rings. The molecule has 29 heavy (non-hydrogen) atoms. The van der Waals surface area contributed by atoms with Crippen LogP contribution in [0, 0.1) is 11.6 Å². The molecule has 0 radical (unpaired) electrons. The number of halogens is 3. The number of sulfonamides is 1. The van der Waals surface area contributed by atoms with Crippen molar-refractivity contribution >= 4 is 27.3 Å². The van der Waals surface area contributed by atoms with Crippen molar-refractivity contribution in [2.45, 2.75) is 32.2 Å². The molecule has 2 heterocycles. The zero-order valence-electron chi connectivity index (χ0n) is 15.7. The molecule has 1 aromatic carbocycles. The van der Waals surface area contributed by atoms with Crippen LogP contribution in [-0.2, 0) is 10.0 Å². The van der Waals surface area contributed by atoms with Crippen LogP contribution in [0.25, 0.3) is 5.69 Å². The van der Waals surface area contributed by atoms with E-state index in [0.717, 1.165) is 16.8 Å². The van der Waals surface area contributed by atoms with Gasteiger partial charge in [-0.25, -0.2) is 21.9 Å². The summed E-state index contributed by atoms with van der Waals surface area (Å²) in [6.07, 6.45) is 3.00. The SMILES string of the molecule is CCCS(=O)(=O)NC1CCN(c2cnn(-c3ccc(F)cc3F)c(=O)c2Cl)CC1. The fraction of sp³-hybridized carbons (Fsp3) is 0.444. The van der Waals surface area contributed by atoms with Gasteiger partial charge in [-0.05, 0) is 31.4 Å². The van der Waals surface area contributed by atoms with Crippen molar-refractivity contribution in [2.75, 3.05) is 23.7 Å². The first-order valence-electron chi connectivity index (χ1n) is 9.20. The van der Waals surface area contributed by atoms with Gasteiger partial charge in [-0.15, -0.1) is 0 Å². The molecule has 1 saturated heterocycles. The van der Waals surface area contributed by atoms with Crippen molar-refractivity contribution in [3.05, 3.63) is 51.4 Å². The van der Waals surface area contributed by atoms with Gasteiger partial charge < -0.3 is 4.90 Å². The monoisotopic (exact) mass is 446 g/mol. The van der Waals surface area contributed by atoms with E-state index in [1.54, 1.807) is 6.92 Å². The number of aromatic nitrogens is 2. The highest BCUT2D eigenvalue weighted by Crippen LogP contribution is 2.26. The molecule has 0 spiro atoms. The highest BCUT2D eigenvalue weighted by atomic mass is 35.5. The molecular formula is C18H21ClF2N4O3S. The first-order chi connectivity index (χ1) is 13.7. The molecule has 7 nitrogen and oxygen atoms in total. The number of hydrogen-bond donors (Lipinski definition) is 1. The van der Waals surface area contributed by atoms with Crippen molar-refractivity contribution in [3.63, 3.8) is 0 Å². The number of anilines is 1. The molecule has 2 aromatic rings. The number of rotatable bonds is 6. The number of hydrogen-bond acceptors (Lipinski definition) is 5. The van der Waals surface area contributed by atoms with Crippen LogP contribution in [0.4, 0.5) is 14.5 Å². The molecule has 0 atom stereocenters. The van der Waals surface area contributed by atoms with E-state index in [4.69, 9.17) is 11.6 Å². The summed E-state index contributed by atoms with van der Waals surface area (Å²) in [5.41, 5.74) is -0.528. The van der Waals surface area contributed by atoms with Crippen LogP contribution in [0.3, 0.4) is 0 Å². The Hall–Kier alpha value is -2.04. The highest BCUT2D eigenvalue weighted by molar-refractivity contribution is 7.89. The summed E-state index contributed by atoms with van der Waals surface area (Å²) < 4.78 is 54.4. The Morgan fingerprint density at radius 1 is 1.24 bits per heavy atom. The maximum atomic E-state index is 14.0. The Labute approximate surface area is 172 Å². The summed E-state index contributed by atoms with van der Waals surface area (Å²) in [5, 5.41) is 3.85. The van der Waals surface area contributed by atoms with Crippen LogP contribution < -0.4 is 15.2 Å². The zero-order chi connectivity index (χ0) is 21.2. The predicted molar refractivity (Wildman–Crippen MR) is 107 cm³/mol. The van der Waals surface area contributed by atoms with Gasteiger partial charge in [0, 0.05) is 25.2 Å². The molecule has 0 saturated carbocycles. The summed E-state index contributed by atoms with van der Waals surface area (Å²) in [4.78, 5) is 14.4. The smallest absolute Gasteiger partial charge is 0.292 e. The maximum Gasteiger partial charge on any atom is 0.292 e. The minimum atomic E-state index is -3.29. The molecule has 3 rings (SSSR count). The van der Waals surface area contributed by atoms with Crippen LogP contribution in [0.5, 0.6) is 0 Å². The summed E-state index contributed by atoms with van der Waals surface area (Å²) >= 11 is 6.23. The number of nitrogens with one attached hydrogen (secondary N) is 1. The van der Waals surface area contributed by atoms with Crippen molar-refractivity contribution in [1.29, 1.82) is 0 Å². The van der Waals surface area contributed by atoms with Gasteiger partial charge in [-0.3, -0.25) is 4.79 Å². The molecule has 0 amide bonds. The molecule has 1 aliphatic rings. The van der Waals surface area contributed by atoms with E-state index in [-0.39, 0.29) is 22.5 Å². The van der Waals surface area contributed by atoms with Gasteiger partial charge in [0.05, 0.1) is 17.6 Å². The lowest BCUT2D eigenvalue weighted by Crippen LogP contribution is -2.45. The Morgan fingerprint density at radius 2 is 1.93 bits per heavy atom. The summed E-state index contributed by atoms with van der Waals surface area (Å²) in [6, 6.07) is 2.63. The van der Waals surface area contributed by atoms with Gasteiger partial charge in [-0.2, -0.15) is 9.78 Å². The topological polar surface area (TPSA) is 84.3 Å². The molecule has 11 heteroatoms. The van der Waals surface area contributed by atoms with Crippen LogP contribution in [0.2, 0.25) is 5.02 Å². The fourth-order valence-electron chi connectivity index (χ4n) is 3.29. The standard InChI is InChI=1S/C18H21ClF2N4O3S/c1-2-9-29(27,28)23-13-5-7-24(8-6-13)16-11-22-25(18(26)17(16)19)15-4-3-12(20)10-14(15)21/h3-4,10-11,13,23H,2,5-9H2,1H3. The number of piperidine rings is 1. The fourth-order valence-corrected chi connectivity index (χ4v) is 4.94. The largest absolute Gasteiger partial charge is 0.369 e. The van der Waals surface area contributed by atoms with Gasteiger partial charge >= 0.3 is 0 Å². The quantitative estimate of drug-likeness (QED) is 0.736. The van der Waals surface area contributed by atoms with Crippen LogP contribution >= 0.6 is 11.6 Å². The molecule has 158 valence electrons. The minimum Gasteiger partial charge on any atom is -0.369 e. The first kappa shape index (κ1) is 21.7. The van der Waals surface area contributed by atoms with E-state index in [2.05, 4.69) is 9.82 Å². The summed E-state index contributed by atoms with van der Waals surface area (Å²) in [7, 11) is -3.29. The van der Waals surface area contributed by atoms with Gasteiger partial charge in [0.1, 0.15) is 16.5 Å². The van der Waals surface area contributed by atoms with E-state index < -0.39 is 27.2 Å². The Morgan fingerprint density at radius 3 is 2.55 bits per heavy atom. The van der Waals surface area contributed by atoms with E-state index in [1.165, 1.54) is 6.20 Å². The van der Waals surface area contributed by atoms with Gasteiger partial charge in [-0.1, -0.05) is 18.5 Å². The molecule has 1 aliphatic heterocycles. The number of nitrogens with zero attached hydrogens (tertiary/aromatic N) is 3. The van der Waals surface area contributed by atoms with Crippen LogP contribution in [-0.4, -0.2) is 43.1 Å². The normalized spacial score (nSPS) is 15.7. The predicted octanol–water partition coefficient (Wildman–Crippen LogP) is 2.46. The second-order valence-electron chi connectivity index (χ2n) is 6.85. The third-order valence-corrected chi connectivity index (χ3v) is 6.69. The van der Waals surface area contributed by atoms with E-state index in [0.29, 0.717) is 44.1 Å². The second kappa shape index (κ2) is 8.76. The van der Waals surface area contributed by atoms with E-state index in [1.807, 2.05) is 4.90 Å². The van der Waals surface area contributed by atoms with Crippen molar-refractivity contribution in [1.82, 2.24) is 14.5 Å². The van der Waals surface area contributed by atoms with Gasteiger partial charge in [0.25, 0.3) is 5.56 Å². The maximum absolute atomic E-state index is 14.0. The van der Waals surface area contributed by atoms with Crippen molar-refractivity contribution in [3.8, 4) is 5.69 Å². The van der Waals surface area contributed by atoms with Crippen molar-refractivity contribution in [2.24, 2.45) is 0 Å². The van der Waals surface area contributed by atoms with Gasteiger partial charge in [0.15, 0.2) is 5.82 Å². The Bertz CT molecular complexity index is 1050. The first-order valence-corrected chi connectivity index (χ1v) is 11.2. The lowest BCUT2D eigenvalue weighted by molar-refractivity contribution is 0.459. The van der Waals surface area contributed by atoms with Crippen LogP contribution in [0.15, 0.2) is 29.2 Å². The lowest BCUT2D eigenvalue weighted by atomic mass is 10.1. The number of benzene rings is 1. The average molecular weight is 447 g/mol. The molecule has 0 unspecified atom stereocenters. The van der Waals surface area contributed by atoms with Crippen LogP contribution in [0.1, 0.15) is 26.2 Å². The lowest BCUT2D eigenvalue weighted by Gasteiger charge is -2.33. The summed E-state index contributed by atoms with van der Waals surface area (Å²) in [5.74, 6) is -1.61. The zero-order valence-corrected chi connectivity index (χ0v) is 17.3. The average Bonchev–Trinajstić information content (AvgIpc) is 2.65. The molecule has 0 aliphatic carbocycles. The Balaban J connectivity index is 1.76.